The molecule has 152 valence electrons. The van der Waals surface area contributed by atoms with E-state index in [4.69, 9.17) is 9.47 Å². The number of rotatable bonds is 6. The Morgan fingerprint density at radius 2 is 1.86 bits per heavy atom. The lowest BCUT2D eigenvalue weighted by Crippen LogP contribution is -2.47. The van der Waals surface area contributed by atoms with Gasteiger partial charge in [0.15, 0.2) is 0 Å². The maximum absolute atomic E-state index is 13.1. The van der Waals surface area contributed by atoms with Gasteiger partial charge in [-0.1, -0.05) is 23.8 Å². The molecule has 6 nitrogen and oxygen atoms in total. The van der Waals surface area contributed by atoms with E-state index in [0.29, 0.717) is 11.4 Å². The van der Waals surface area contributed by atoms with Crippen molar-refractivity contribution in [2.75, 3.05) is 13.2 Å². The van der Waals surface area contributed by atoms with E-state index in [-0.39, 0.29) is 24.6 Å². The molecule has 2 N–H and O–H groups in total. The van der Waals surface area contributed by atoms with Gasteiger partial charge in [0, 0.05) is 0 Å². The van der Waals surface area contributed by atoms with Crippen LogP contribution < -0.4 is 15.4 Å². The lowest BCUT2D eigenvalue weighted by molar-refractivity contribution is -0.139. The second kappa shape index (κ2) is 8.77. The number of halogens is 1. The minimum atomic E-state index is -0.672. The molecule has 0 fully saturated rings. The molecule has 0 saturated carbocycles. The number of carbonyl (C=O) groups excluding carboxylic acids is 2. The Bertz CT molecular complexity index is 954. The van der Waals surface area contributed by atoms with Gasteiger partial charge < -0.3 is 20.1 Å². The Kier molecular flexibility index (Phi) is 6.16. The van der Waals surface area contributed by atoms with E-state index < -0.39 is 18.0 Å². The molecule has 0 bridgehead atoms. The highest BCUT2D eigenvalue weighted by Crippen LogP contribution is 2.31. The fraction of sp³-hybridized carbons (Fsp3) is 0.273. The van der Waals surface area contributed by atoms with Gasteiger partial charge in [-0.05, 0) is 56.2 Å². The van der Waals surface area contributed by atoms with Crippen LogP contribution in [0.1, 0.15) is 29.7 Å². The number of urea groups is 1. The summed E-state index contributed by atoms with van der Waals surface area (Å²) < 4.78 is 24.0. The van der Waals surface area contributed by atoms with Crippen molar-refractivity contribution in [1.29, 1.82) is 0 Å². The number of hydrogen-bond acceptors (Lipinski definition) is 4. The zero-order chi connectivity index (χ0) is 21.0. The number of carbonyl (C=O) groups is 2. The normalized spacial score (nSPS) is 16.1. The SMILES string of the molecule is CCOC(=O)C1=C(COc2ccc(F)cc2)NC(=O)N[C@@H]1c1cc(C)ccc1C. The van der Waals surface area contributed by atoms with Crippen LogP contribution in [0.15, 0.2) is 53.7 Å². The van der Waals surface area contributed by atoms with Crippen LogP contribution in [0.4, 0.5) is 9.18 Å². The average Bonchev–Trinajstić information content (AvgIpc) is 2.69. The molecule has 1 heterocycles. The summed E-state index contributed by atoms with van der Waals surface area (Å²) in [5.74, 6) is -0.504. The number of nitrogens with one attached hydrogen (secondary N) is 2. The molecule has 0 aromatic heterocycles. The smallest absolute Gasteiger partial charge is 0.338 e. The molecule has 1 aliphatic rings. The Hall–Kier alpha value is -3.35. The fourth-order valence-electron chi connectivity index (χ4n) is 3.17. The lowest BCUT2D eigenvalue weighted by atomic mass is 9.91. The van der Waals surface area contributed by atoms with Crippen LogP contribution in [0.5, 0.6) is 5.75 Å². The molecule has 0 aliphatic carbocycles. The summed E-state index contributed by atoms with van der Waals surface area (Å²) in [5, 5.41) is 5.46. The molecule has 0 spiro atoms. The van der Waals surface area contributed by atoms with Crippen molar-refractivity contribution in [3.8, 4) is 5.75 Å². The van der Waals surface area contributed by atoms with Gasteiger partial charge in [0.05, 0.1) is 23.9 Å². The third-order valence-corrected chi connectivity index (χ3v) is 4.59. The van der Waals surface area contributed by atoms with Gasteiger partial charge in [-0.15, -0.1) is 0 Å². The first-order valence-corrected chi connectivity index (χ1v) is 9.32. The first-order valence-electron chi connectivity index (χ1n) is 9.32. The van der Waals surface area contributed by atoms with Gasteiger partial charge in [0.2, 0.25) is 0 Å². The van der Waals surface area contributed by atoms with Gasteiger partial charge in [-0.25, -0.2) is 14.0 Å². The number of esters is 1. The second-order valence-electron chi connectivity index (χ2n) is 6.75. The zero-order valence-electron chi connectivity index (χ0n) is 16.5. The highest BCUT2D eigenvalue weighted by molar-refractivity contribution is 5.95. The Morgan fingerprint density at radius 1 is 1.14 bits per heavy atom. The van der Waals surface area contributed by atoms with Crippen molar-refractivity contribution in [1.82, 2.24) is 10.6 Å². The molecule has 0 radical (unpaired) electrons. The van der Waals surface area contributed by atoms with E-state index in [9.17, 15) is 14.0 Å². The van der Waals surface area contributed by atoms with Gasteiger partial charge in [0.1, 0.15) is 18.2 Å². The molecular weight excluding hydrogens is 375 g/mol. The van der Waals surface area contributed by atoms with Crippen molar-refractivity contribution in [2.45, 2.75) is 26.8 Å². The third kappa shape index (κ3) is 4.74. The number of aryl methyl sites for hydroxylation is 2. The molecule has 3 rings (SSSR count). The van der Waals surface area contributed by atoms with Gasteiger partial charge >= 0.3 is 12.0 Å². The van der Waals surface area contributed by atoms with Crippen LogP contribution in [0.25, 0.3) is 0 Å². The maximum atomic E-state index is 13.1. The monoisotopic (exact) mass is 398 g/mol. The summed E-state index contributed by atoms with van der Waals surface area (Å²) in [6.07, 6.45) is 0. The zero-order valence-corrected chi connectivity index (χ0v) is 16.5. The van der Waals surface area contributed by atoms with E-state index in [1.54, 1.807) is 6.92 Å². The first-order chi connectivity index (χ1) is 13.9. The molecule has 1 atom stereocenters. The number of benzene rings is 2. The van der Waals surface area contributed by atoms with E-state index in [0.717, 1.165) is 16.7 Å². The van der Waals surface area contributed by atoms with Crippen LogP contribution in [0.3, 0.4) is 0 Å². The lowest BCUT2D eigenvalue weighted by Gasteiger charge is -2.30. The molecule has 0 saturated heterocycles. The highest BCUT2D eigenvalue weighted by atomic mass is 19.1. The Morgan fingerprint density at radius 3 is 2.55 bits per heavy atom. The van der Waals surface area contributed by atoms with Gasteiger partial charge in [-0.3, -0.25) is 0 Å². The van der Waals surface area contributed by atoms with Gasteiger partial charge in [-0.2, -0.15) is 0 Å². The summed E-state index contributed by atoms with van der Waals surface area (Å²) in [6, 6.07) is 10.2. The molecule has 2 amide bonds. The molecule has 0 unspecified atom stereocenters. The second-order valence-corrected chi connectivity index (χ2v) is 6.75. The first kappa shape index (κ1) is 20.4. The van der Waals surface area contributed by atoms with Crippen LogP contribution in [-0.2, 0) is 9.53 Å². The quantitative estimate of drug-likeness (QED) is 0.728. The maximum Gasteiger partial charge on any atom is 0.338 e. The predicted octanol–water partition coefficient (Wildman–Crippen LogP) is 3.69. The largest absolute Gasteiger partial charge is 0.487 e. The van der Waals surface area contributed by atoms with Gasteiger partial charge in [0.25, 0.3) is 0 Å². The molecule has 1 aliphatic heterocycles. The number of amides is 2. The average molecular weight is 398 g/mol. The Labute approximate surface area is 168 Å². The summed E-state index contributed by atoms with van der Waals surface area (Å²) in [7, 11) is 0. The summed E-state index contributed by atoms with van der Waals surface area (Å²) in [4.78, 5) is 25.1. The predicted molar refractivity (Wildman–Crippen MR) is 106 cm³/mol. The van der Waals surface area contributed by atoms with Crippen molar-refractivity contribution >= 4 is 12.0 Å². The van der Waals surface area contributed by atoms with E-state index in [1.165, 1.54) is 24.3 Å². The van der Waals surface area contributed by atoms with E-state index >= 15 is 0 Å². The number of ether oxygens (including phenoxy) is 2. The van der Waals surface area contributed by atoms with Crippen molar-refractivity contribution in [3.63, 3.8) is 0 Å². The summed E-state index contributed by atoms with van der Waals surface area (Å²) in [5.41, 5.74) is 3.33. The molecule has 7 heteroatoms. The van der Waals surface area contributed by atoms with Crippen molar-refractivity contribution < 1.29 is 23.5 Å². The Balaban J connectivity index is 2.00. The summed E-state index contributed by atoms with van der Waals surface area (Å²) >= 11 is 0. The van der Waals surface area contributed by atoms with Crippen molar-refractivity contribution in [3.05, 3.63) is 76.2 Å². The minimum Gasteiger partial charge on any atom is -0.487 e. The fourth-order valence-corrected chi connectivity index (χ4v) is 3.17. The van der Waals surface area contributed by atoms with Crippen LogP contribution in [0, 0.1) is 19.7 Å². The molecule has 29 heavy (non-hydrogen) atoms. The standard InChI is InChI=1S/C22H23FN2O4/c1-4-28-21(26)19-18(12-29-16-9-7-15(23)8-10-16)24-22(27)25-20(19)17-11-13(2)5-6-14(17)3/h5-11,20H,4,12H2,1-3H3,(H2,24,25,27)/t20-/m1/s1. The van der Waals surface area contributed by atoms with E-state index in [1.807, 2.05) is 32.0 Å². The van der Waals surface area contributed by atoms with Crippen LogP contribution in [0.2, 0.25) is 0 Å². The highest BCUT2D eigenvalue weighted by Gasteiger charge is 2.34. The van der Waals surface area contributed by atoms with E-state index in [2.05, 4.69) is 10.6 Å². The number of hydrogen-bond donors (Lipinski definition) is 2. The summed E-state index contributed by atoms with van der Waals surface area (Å²) in [6.45, 7) is 5.70. The molecular formula is C22H23FN2O4. The van der Waals surface area contributed by atoms with Crippen molar-refractivity contribution in [2.24, 2.45) is 0 Å². The third-order valence-electron chi connectivity index (χ3n) is 4.59. The minimum absolute atomic E-state index is 0.0748. The van der Waals surface area contributed by atoms with Crippen LogP contribution >= 0.6 is 0 Å². The topological polar surface area (TPSA) is 76.7 Å². The molecule has 2 aromatic rings. The molecule has 2 aromatic carbocycles. The van der Waals surface area contributed by atoms with Crippen LogP contribution in [-0.4, -0.2) is 25.2 Å².